The molecule has 0 spiro atoms. The molecule has 0 bridgehead atoms. The van der Waals surface area contributed by atoms with Crippen molar-refractivity contribution in [3.8, 4) is 0 Å². The summed E-state index contributed by atoms with van der Waals surface area (Å²) >= 11 is 0. The second-order valence-corrected chi connectivity index (χ2v) is 8.37. The van der Waals surface area contributed by atoms with Crippen molar-refractivity contribution in [2.24, 2.45) is 10.9 Å². The normalized spacial score (nSPS) is 18.0. The summed E-state index contributed by atoms with van der Waals surface area (Å²) in [5.41, 5.74) is 0.523. The zero-order valence-corrected chi connectivity index (χ0v) is 15.9. The van der Waals surface area contributed by atoms with E-state index in [0.29, 0.717) is 18.5 Å². The van der Waals surface area contributed by atoms with E-state index in [1.807, 2.05) is 13.8 Å². The molecule has 1 unspecified atom stereocenters. The van der Waals surface area contributed by atoms with Crippen molar-refractivity contribution in [1.29, 1.82) is 0 Å². The second kappa shape index (κ2) is 8.47. The number of carbonyl (C=O) groups is 1. The average molecular weight is 365 g/mol. The van der Waals surface area contributed by atoms with Crippen LogP contribution in [0.15, 0.2) is 34.2 Å². The van der Waals surface area contributed by atoms with Gasteiger partial charge in [-0.25, -0.2) is 8.42 Å². The molecule has 0 aliphatic carbocycles. The third-order valence-electron chi connectivity index (χ3n) is 4.02. The van der Waals surface area contributed by atoms with Crippen molar-refractivity contribution < 1.29 is 13.2 Å². The molecule has 0 saturated heterocycles. The quantitative estimate of drug-likeness (QED) is 0.694. The van der Waals surface area contributed by atoms with Crippen LogP contribution in [0.1, 0.15) is 52.0 Å². The maximum absolute atomic E-state index is 12.5. The Bertz CT molecular complexity index is 742. The number of unbranched alkanes of at least 4 members (excludes halogenated alkanes) is 2. The van der Waals surface area contributed by atoms with Crippen molar-refractivity contribution in [3.05, 3.63) is 29.8 Å². The number of aliphatic imine (C=N–C) groups is 1. The molecule has 0 aromatic heterocycles. The highest BCUT2D eigenvalue weighted by Crippen LogP contribution is 2.23. The van der Waals surface area contributed by atoms with Gasteiger partial charge in [-0.15, -0.1) is 0 Å². The minimum Gasteiger partial charge on any atom is -0.354 e. The average Bonchev–Trinajstić information content (AvgIpc) is 2.81. The van der Waals surface area contributed by atoms with Crippen molar-refractivity contribution in [3.63, 3.8) is 0 Å². The van der Waals surface area contributed by atoms with Gasteiger partial charge < -0.3 is 5.32 Å². The zero-order chi connectivity index (χ0) is 18.4. The van der Waals surface area contributed by atoms with Gasteiger partial charge >= 0.3 is 0 Å². The van der Waals surface area contributed by atoms with Gasteiger partial charge in [-0.05, 0) is 30.9 Å². The molecule has 1 amide bonds. The topological polar surface area (TPSA) is 87.6 Å². The van der Waals surface area contributed by atoms with Gasteiger partial charge in [0.25, 0.3) is 10.0 Å². The Labute approximate surface area is 150 Å². The lowest BCUT2D eigenvalue weighted by atomic mass is 10.0. The Hall–Kier alpha value is -1.89. The third kappa shape index (κ3) is 5.04. The fourth-order valence-corrected chi connectivity index (χ4v) is 3.99. The summed E-state index contributed by atoms with van der Waals surface area (Å²) in [5, 5.41) is 2.92. The lowest BCUT2D eigenvalue weighted by Gasteiger charge is -2.16. The molecular weight excluding hydrogens is 338 g/mol. The molecule has 1 atom stereocenters. The van der Waals surface area contributed by atoms with Crippen LogP contribution in [-0.2, 0) is 14.8 Å². The molecule has 1 aromatic rings. The van der Waals surface area contributed by atoms with E-state index < -0.39 is 16.1 Å². The van der Waals surface area contributed by atoms with E-state index in [0.717, 1.165) is 19.3 Å². The first kappa shape index (κ1) is 19.4. The number of fused-ring (bicyclic) bond motifs is 1. The van der Waals surface area contributed by atoms with E-state index in [1.165, 1.54) is 0 Å². The van der Waals surface area contributed by atoms with Crippen LogP contribution >= 0.6 is 0 Å². The van der Waals surface area contributed by atoms with E-state index in [9.17, 15) is 13.2 Å². The largest absolute Gasteiger partial charge is 0.354 e. The SMILES string of the molecule is CCCCCNC(=O)C(CC(C)C)N=C1NS(=O)(=O)c2ccccc21. The number of benzene rings is 1. The Morgan fingerprint density at radius 1 is 1.24 bits per heavy atom. The molecule has 7 heteroatoms. The maximum atomic E-state index is 12.5. The summed E-state index contributed by atoms with van der Waals surface area (Å²) in [6.07, 6.45) is 3.65. The molecule has 138 valence electrons. The molecular formula is C18H27N3O3S. The Kier molecular flexibility index (Phi) is 6.58. The first-order chi connectivity index (χ1) is 11.8. The molecule has 2 rings (SSSR count). The van der Waals surface area contributed by atoms with E-state index in [4.69, 9.17) is 0 Å². The van der Waals surface area contributed by atoms with Gasteiger partial charge in [0.2, 0.25) is 5.91 Å². The fraction of sp³-hybridized carbons (Fsp3) is 0.556. The molecule has 0 radical (unpaired) electrons. The van der Waals surface area contributed by atoms with Gasteiger partial charge in [0.05, 0.1) is 4.90 Å². The number of amidine groups is 1. The highest BCUT2D eigenvalue weighted by atomic mass is 32.2. The van der Waals surface area contributed by atoms with Crippen molar-refractivity contribution in [2.45, 2.75) is 57.4 Å². The van der Waals surface area contributed by atoms with Gasteiger partial charge in [0.1, 0.15) is 11.9 Å². The molecule has 1 aliphatic rings. The molecule has 6 nitrogen and oxygen atoms in total. The number of hydrogen-bond acceptors (Lipinski definition) is 4. The predicted molar refractivity (Wildman–Crippen MR) is 99.1 cm³/mol. The summed E-state index contributed by atoms with van der Waals surface area (Å²) in [6, 6.07) is 6.08. The van der Waals surface area contributed by atoms with E-state index in [2.05, 4.69) is 22.0 Å². The van der Waals surface area contributed by atoms with E-state index >= 15 is 0 Å². The molecule has 1 aliphatic heterocycles. The van der Waals surface area contributed by atoms with Crippen LogP contribution in [0.25, 0.3) is 0 Å². The van der Waals surface area contributed by atoms with Crippen LogP contribution in [0.4, 0.5) is 0 Å². The van der Waals surface area contributed by atoms with Gasteiger partial charge in [-0.1, -0.05) is 45.7 Å². The molecule has 1 aromatic carbocycles. The standard InChI is InChI=1S/C18H27N3O3S/c1-4-5-8-11-19-18(22)15(12-13(2)3)20-17-14-9-6-7-10-16(14)25(23,24)21-17/h6-7,9-10,13,15H,4-5,8,11-12H2,1-3H3,(H,19,22)(H,20,21). The summed E-state index contributed by atoms with van der Waals surface area (Å²) in [7, 11) is -3.59. The van der Waals surface area contributed by atoms with E-state index in [1.54, 1.807) is 24.3 Å². The van der Waals surface area contributed by atoms with Crippen LogP contribution in [0, 0.1) is 5.92 Å². The smallest absolute Gasteiger partial charge is 0.263 e. The number of hydrogen-bond donors (Lipinski definition) is 2. The van der Waals surface area contributed by atoms with Gasteiger partial charge in [-0.3, -0.25) is 14.5 Å². The van der Waals surface area contributed by atoms with Gasteiger partial charge in [0, 0.05) is 12.1 Å². The van der Waals surface area contributed by atoms with Gasteiger partial charge in [-0.2, -0.15) is 0 Å². The van der Waals surface area contributed by atoms with Crippen LogP contribution in [0.2, 0.25) is 0 Å². The maximum Gasteiger partial charge on any atom is 0.263 e. The Balaban J connectivity index is 2.22. The first-order valence-electron chi connectivity index (χ1n) is 8.83. The van der Waals surface area contributed by atoms with Crippen LogP contribution in [0.3, 0.4) is 0 Å². The second-order valence-electron chi connectivity index (χ2n) is 6.72. The minimum absolute atomic E-state index is 0.152. The van der Waals surface area contributed by atoms with Crippen molar-refractivity contribution in [1.82, 2.24) is 10.0 Å². The number of nitrogens with zero attached hydrogens (tertiary/aromatic N) is 1. The number of nitrogens with one attached hydrogen (secondary N) is 2. The lowest BCUT2D eigenvalue weighted by Crippen LogP contribution is -2.36. The number of amides is 1. The van der Waals surface area contributed by atoms with Crippen LogP contribution in [0.5, 0.6) is 0 Å². The Morgan fingerprint density at radius 2 is 1.96 bits per heavy atom. The molecule has 0 saturated carbocycles. The number of sulfonamides is 1. The molecule has 0 fully saturated rings. The number of carbonyl (C=O) groups excluding carboxylic acids is 1. The molecule has 2 N–H and O–H groups in total. The first-order valence-corrected chi connectivity index (χ1v) is 10.3. The monoisotopic (exact) mass is 365 g/mol. The third-order valence-corrected chi connectivity index (χ3v) is 5.42. The van der Waals surface area contributed by atoms with Gasteiger partial charge in [0.15, 0.2) is 0 Å². The minimum atomic E-state index is -3.59. The Morgan fingerprint density at radius 3 is 2.64 bits per heavy atom. The predicted octanol–water partition coefficient (Wildman–Crippen LogP) is 2.45. The van der Waals surface area contributed by atoms with Crippen LogP contribution in [-0.4, -0.2) is 32.7 Å². The lowest BCUT2D eigenvalue weighted by molar-refractivity contribution is -0.122. The zero-order valence-electron chi connectivity index (χ0n) is 15.1. The summed E-state index contributed by atoms with van der Waals surface area (Å²) < 4.78 is 26.8. The fourth-order valence-electron chi connectivity index (χ4n) is 2.75. The summed E-state index contributed by atoms with van der Waals surface area (Å²) in [6.45, 7) is 6.77. The summed E-state index contributed by atoms with van der Waals surface area (Å²) in [5.74, 6) is 0.370. The molecule has 25 heavy (non-hydrogen) atoms. The highest BCUT2D eigenvalue weighted by Gasteiger charge is 2.31. The van der Waals surface area contributed by atoms with Crippen molar-refractivity contribution in [2.75, 3.05) is 6.54 Å². The van der Waals surface area contributed by atoms with E-state index in [-0.39, 0.29) is 22.6 Å². The van der Waals surface area contributed by atoms with Crippen LogP contribution < -0.4 is 10.0 Å². The summed E-state index contributed by atoms with van der Waals surface area (Å²) in [4.78, 5) is 17.2. The number of rotatable bonds is 8. The van der Waals surface area contributed by atoms with Crippen molar-refractivity contribution >= 4 is 21.8 Å². The highest BCUT2D eigenvalue weighted by molar-refractivity contribution is 7.90. The molecule has 1 heterocycles.